The van der Waals surface area contributed by atoms with E-state index in [4.69, 9.17) is 4.74 Å². The molecule has 1 N–H and O–H groups in total. The van der Waals surface area contributed by atoms with E-state index in [2.05, 4.69) is 0 Å². The van der Waals surface area contributed by atoms with Crippen LogP contribution in [0, 0.1) is 0 Å². The van der Waals surface area contributed by atoms with Crippen molar-refractivity contribution in [2.45, 2.75) is 37.3 Å². The van der Waals surface area contributed by atoms with Crippen LogP contribution < -0.4 is 0 Å². The first-order chi connectivity index (χ1) is 4.69. The van der Waals surface area contributed by atoms with E-state index in [0.717, 1.165) is 19.3 Å². The maximum atomic E-state index is 9.73. The molecule has 2 atom stereocenters. The Balaban J connectivity index is 2.54. The van der Waals surface area contributed by atoms with Crippen molar-refractivity contribution in [2.75, 3.05) is 7.11 Å². The standard InChI is InChI=1S/C7H15BO2/c1-10-7(9)5-3-2-4-6(7)8/h6,9H,2-5,8H2,1H3. The van der Waals surface area contributed by atoms with E-state index >= 15 is 0 Å². The summed E-state index contributed by atoms with van der Waals surface area (Å²) in [5.74, 6) is -0.524. The monoisotopic (exact) mass is 142 g/mol. The van der Waals surface area contributed by atoms with Gasteiger partial charge in [0.25, 0.3) is 0 Å². The molecule has 3 heteroatoms. The molecule has 1 fully saturated rings. The molecule has 0 bridgehead atoms. The number of methoxy groups -OCH3 is 1. The van der Waals surface area contributed by atoms with Crippen LogP contribution in [0.2, 0.25) is 5.82 Å². The summed E-state index contributed by atoms with van der Waals surface area (Å²) < 4.78 is 5.05. The Morgan fingerprint density at radius 3 is 2.70 bits per heavy atom. The Kier molecular flexibility index (Phi) is 2.37. The summed E-state index contributed by atoms with van der Waals surface area (Å²) in [6.07, 6.45) is 4.20. The Labute approximate surface area is 63.0 Å². The van der Waals surface area contributed by atoms with Crippen LogP contribution in [0.3, 0.4) is 0 Å². The molecule has 0 aromatic rings. The Hall–Kier alpha value is -0.0151. The van der Waals surface area contributed by atoms with Gasteiger partial charge in [0.1, 0.15) is 7.85 Å². The van der Waals surface area contributed by atoms with E-state index in [1.165, 1.54) is 6.42 Å². The molecular weight excluding hydrogens is 127 g/mol. The summed E-state index contributed by atoms with van der Waals surface area (Å²) in [4.78, 5) is 0. The zero-order valence-corrected chi connectivity index (χ0v) is 6.76. The average molecular weight is 142 g/mol. The van der Waals surface area contributed by atoms with Gasteiger partial charge in [-0.25, -0.2) is 0 Å². The minimum absolute atomic E-state index is 0.297. The molecule has 1 aliphatic carbocycles. The first kappa shape index (κ1) is 8.09. The minimum atomic E-state index is -0.821. The highest BCUT2D eigenvalue weighted by Crippen LogP contribution is 2.36. The van der Waals surface area contributed by atoms with E-state index in [9.17, 15) is 5.11 Å². The molecule has 0 saturated heterocycles. The molecule has 0 radical (unpaired) electrons. The molecule has 0 aromatic carbocycles. The summed E-state index contributed by atoms with van der Waals surface area (Å²) in [6.45, 7) is 0. The lowest BCUT2D eigenvalue weighted by molar-refractivity contribution is -0.201. The Morgan fingerprint density at radius 2 is 2.30 bits per heavy atom. The topological polar surface area (TPSA) is 29.5 Å². The zero-order valence-electron chi connectivity index (χ0n) is 6.76. The third-order valence-electron chi connectivity index (χ3n) is 2.55. The van der Waals surface area contributed by atoms with Crippen LogP contribution in [-0.4, -0.2) is 25.8 Å². The molecular formula is C7H15BO2. The molecule has 1 aliphatic rings. The van der Waals surface area contributed by atoms with E-state index in [-0.39, 0.29) is 0 Å². The molecule has 0 amide bonds. The molecule has 58 valence electrons. The van der Waals surface area contributed by atoms with Gasteiger partial charge in [-0.2, -0.15) is 0 Å². The maximum absolute atomic E-state index is 9.73. The summed E-state index contributed by atoms with van der Waals surface area (Å²) in [5.41, 5.74) is 0. The van der Waals surface area contributed by atoms with Crippen molar-refractivity contribution in [2.24, 2.45) is 0 Å². The SMILES string of the molecule is BC1CCCCC1(O)OC. The van der Waals surface area contributed by atoms with E-state index in [0.29, 0.717) is 5.82 Å². The summed E-state index contributed by atoms with van der Waals surface area (Å²) in [6, 6.07) is 0. The Morgan fingerprint density at radius 1 is 1.60 bits per heavy atom. The second kappa shape index (κ2) is 2.93. The van der Waals surface area contributed by atoms with Crippen LogP contribution in [0.5, 0.6) is 0 Å². The second-order valence-electron chi connectivity index (χ2n) is 3.20. The van der Waals surface area contributed by atoms with Gasteiger partial charge in [0.15, 0.2) is 5.79 Å². The lowest BCUT2D eigenvalue weighted by Gasteiger charge is -2.36. The van der Waals surface area contributed by atoms with E-state index in [1.807, 2.05) is 7.85 Å². The number of hydrogen-bond donors (Lipinski definition) is 1. The van der Waals surface area contributed by atoms with Crippen molar-refractivity contribution in [3.05, 3.63) is 0 Å². The molecule has 0 heterocycles. The molecule has 0 aliphatic heterocycles. The first-order valence-corrected chi connectivity index (χ1v) is 3.96. The minimum Gasteiger partial charge on any atom is -0.366 e. The van der Waals surface area contributed by atoms with Gasteiger partial charge in [0.05, 0.1) is 0 Å². The third kappa shape index (κ3) is 1.35. The number of hydrogen-bond acceptors (Lipinski definition) is 2. The summed E-state index contributed by atoms with van der Waals surface area (Å²) in [7, 11) is 3.63. The molecule has 1 saturated carbocycles. The predicted molar refractivity (Wildman–Crippen MR) is 42.7 cm³/mol. The third-order valence-corrected chi connectivity index (χ3v) is 2.55. The van der Waals surface area contributed by atoms with Gasteiger partial charge in [-0.05, 0) is 12.2 Å². The van der Waals surface area contributed by atoms with E-state index < -0.39 is 5.79 Å². The lowest BCUT2D eigenvalue weighted by atomic mass is 9.71. The summed E-state index contributed by atoms with van der Waals surface area (Å²) >= 11 is 0. The van der Waals surface area contributed by atoms with Crippen LogP contribution in [0.4, 0.5) is 0 Å². The van der Waals surface area contributed by atoms with Gasteiger partial charge in [-0.1, -0.05) is 12.8 Å². The van der Waals surface area contributed by atoms with Crippen LogP contribution in [-0.2, 0) is 4.74 Å². The number of aliphatic hydroxyl groups is 1. The predicted octanol–water partition coefficient (Wildman–Crippen LogP) is 0.317. The van der Waals surface area contributed by atoms with Gasteiger partial charge < -0.3 is 9.84 Å². The van der Waals surface area contributed by atoms with Crippen LogP contribution in [0.1, 0.15) is 25.7 Å². The van der Waals surface area contributed by atoms with Crippen molar-refractivity contribution in [1.29, 1.82) is 0 Å². The molecule has 10 heavy (non-hydrogen) atoms. The van der Waals surface area contributed by atoms with Crippen LogP contribution >= 0.6 is 0 Å². The molecule has 1 rings (SSSR count). The molecule has 0 aromatic heterocycles. The maximum Gasteiger partial charge on any atom is 0.160 e. The highest BCUT2D eigenvalue weighted by atomic mass is 16.6. The van der Waals surface area contributed by atoms with Gasteiger partial charge in [-0.3, -0.25) is 0 Å². The first-order valence-electron chi connectivity index (χ1n) is 3.96. The average Bonchev–Trinajstić information content (AvgIpc) is 1.96. The van der Waals surface area contributed by atoms with Gasteiger partial charge in [0.2, 0.25) is 0 Å². The van der Waals surface area contributed by atoms with Crippen LogP contribution in [0.25, 0.3) is 0 Å². The second-order valence-corrected chi connectivity index (χ2v) is 3.20. The zero-order chi connectivity index (χ0) is 7.61. The van der Waals surface area contributed by atoms with Crippen molar-refractivity contribution in [3.8, 4) is 0 Å². The highest BCUT2D eigenvalue weighted by Gasteiger charge is 2.35. The summed E-state index contributed by atoms with van der Waals surface area (Å²) in [5, 5.41) is 9.73. The molecule has 0 spiro atoms. The largest absolute Gasteiger partial charge is 0.366 e. The van der Waals surface area contributed by atoms with Crippen molar-refractivity contribution in [3.63, 3.8) is 0 Å². The van der Waals surface area contributed by atoms with Crippen molar-refractivity contribution in [1.82, 2.24) is 0 Å². The number of ether oxygens (including phenoxy) is 1. The molecule has 2 nitrogen and oxygen atoms in total. The van der Waals surface area contributed by atoms with Gasteiger partial charge in [-0.15, -0.1) is 0 Å². The van der Waals surface area contributed by atoms with Crippen molar-refractivity contribution >= 4 is 7.85 Å². The Bertz CT molecular complexity index is 118. The number of rotatable bonds is 1. The fraction of sp³-hybridized carbons (Fsp3) is 1.00. The van der Waals surface area contributed by atoms with Crippen molar-refractivity contribution < 1.29 is 9.84 Å². The smallest absolute Gasteiger partial charge is 0.160 e. The lowest BCUT2D eigenvalue weighted by Crippen LogP contribution is -2.38. The quantitative estimate of drug-likeness (QED) is 0.422. The van der Waals surface area contributed by atoms with Gasteiger partial charge >= 0.3 is 0 Å². The molecule has 2 unspecified atom stereocenters. The van der Waals surface area contributed by atoms with E-state index in [1.54, 1.807) is 7.11 Å². The fourth-order valence-corrected chi connectivity index (χ4v) is 1.60. The van der Waals surface area contributed by atoms with Crippen LogP contribution in [0.15, 0.2) is 0 Å². The van der Waals surface area contributed by atoms with Gasteiger partial charge in [0, 0.05) is 13.5 Å². The normalized spacial score (nSPS) is 41.6. The fourth-order valence-electron chi connectivity index (χ4n) is 1.60. The highest BCUT2D eigenvalue weighted by molar-refractivity contribution is 6.12.